The van der Waals surface area contributed by atoms with E-state index in [0.29, 0.717) is 17.7 Å². The summed E-state index contributed by atoms with van der Waals surface area (Å²) in [6, 6.07) is 21.2. The molecular weight excluding hydrogens is 417 g/mol. The van der Waals surface area contributed by atoms with Crippen LogP contribution in [0.4, 0.5) is 10.1 Å². The summed E-state index contributed by atoms with van der Waals surface area (Å²) in [5.74, 6) is -0.579. The van der Waals surface area contributed by atoms with E-state index in [0.717, 1.165) is 28.8 Å². The van der Waals surface area contributed by atoms with Crippen LogP contribution in [0.3, 0.4) is 0 Å². The molecule has 0 spiro atoms. The van der Waals surface area contributed by atoms with Gasteiger partial charge in [-0.15, -0.1) is 0 Å². The standard InChI is InChI=1S/C27H24FN3O2/c1-30-24-9-8-19(18-5-2-4-17(12-18)15-29)14-23(24)26-22(25(30)16-32)10-11-31(26)27(33)20-6-3-7-21(28)13-20/h2-9,12-14,22,25-26,32H,10-11,16H2,1H3/t22-,25+,26-/m0/s1. The fraction of sp³-hybridized carbons (Fsp3) is 0.259. The van der Waals surface area contributed by atoms with Crippen molar-refractivity contribution >= 4 is 11.6 Å². The van der Waals surface area contributed by atoms with Crippen molar-refractivity contribution in [3.63, 3.8) is 0 Å². The summed E-state index contributed by atoms with van der Waals surface area (Å²) in [5, 5.41) is 19.5. The molecule has 1 fully saturated rings. The van der Waals surface area contributed by atoms with Crippen molar-refractivity contribution in [3.8, 4) is 17.2 Å². The molecule has 2 aliphatic heterocycles. The number of hydrogen-bond donors (Lipinski definition) is 1. The Morgan fingerprint density at radius 3 is 2.67 bits per heavy atom. The number of aliphatic hydroxyl groups excluding tert-OH is 1. The van der Waals surface area contributed by atoms with Crippen LogP contribution < -0.4 is 4.90 Å². The molecule has 0 saturated carbocycles. The van der Waals surface area contributed by atoms with Gasteiger partial charge in [0.25, 0.3) is 5.91 Å². The Bertz CT molecular complexity index is 1270. The van der Waals surface area contributed by atoms with Gasteiger partial charge in [-0.05, 0) is 65.6 Å². The minimum atomic E-state index is -0.437. The molecule has 0 unspecified atom stereocenters. The lowest BCUT2D eigenvalue weighted by Gasteiger charge is -2.44. The second kappa shape index (κ2) is 8.34. The molecule has 1 N–H and O–H groups in total. The van der Waals surface area contributed by atoms with Crippen molar-refractivity contribution in [3.05, 3.63) is 89.2 Å². The number of halogens is 1. The maximum Gasteiger partial charge on any atom is 0.254 e. The number of carbonyl (C=O) groups is 1. The molecule has 1 saturated heterocycles. The molecule has 2 heterocycles. The van der Waals surface area contributed by atoms with E-state index < -0.39 is 5.82 Å². The highest BCUT2D eigenvalue weighted by molar-refractivity contribution is 5.95. The number of benzene rings is 3. The molecule has 1 amide bonds. The van der Waals surface area contributed by atoms with Gasteiger partial charge >= 0.3 is 0 Å². The minimum Gasteiger partial charge on any atom is -0.394 e. The largest absolute Gasteiger partial charge is 0.394 e. The van der Waals surface area contributed by atoms with Gasteiger partial charge in [0, 0.05) is 30.8 Å². The van der Waals surface area contributed by atoms with E-state index in [9.17, 15) is 19.6 Å². The zero-order valence-corrected chi connectivity index (χ0v) is 18.3. The van der Waals surface area contributed by atoms with E-state index in [1.54, 1.807) is 18.2 Å². The van der Waals surface area contributed by atoms with Gasteiger partial charge < -0.3 is 14.9 Å². The van der Waals surface area contributed by atoms with Gasteiger partial charge in [-0.2, -0.15) is 5.26 Å². The van der Waals surface area contributed by atoms with Gasteiger partial charge in [-0.25, -0.2) is 4.39 Å². The first-order chi connectivity index (χ1) is 16.0. The molecule has 3 aromatic carbocycles. The summed E-state index contributed by atoms with van der Waals surface area (Å²) in [7, 11) is 1.98. The summed E-state index contributed by atoms with van der Waals surface area (Å²) >= 11 is 0. The van der Waals surface area contributed by atoms with E-state index in [2.05, 4.69) is 17.0 Å². The highest BCUT2D eigenvalue weighted by Crippen LogP contribution is 2.49. The molecule has 5 nitrogen and oxygen atoms in total. The molecule has 0 aromatic heterocycles. The number of anilines is 1. The highest BCUT2D eigenvalue weighted by Gasteiger charge is 2.47. The van der Waals surface area contributed by atoms with E-state index in [1.807, 2.05) is 42.3 Å². The first kappa shape index (κ1) is 21.2. The third-order valence-electron chi connectivity index (χ3n) is 7.01. The topological polar surface area (TPSA) is 67.6 Å². The molecule has 166 valence electrons. The summed E-state index contributed by atoms with van der Waals surface area (Å²) in [4.78, 5) is 17.3. The summed E-state index contributed by atoms with van der Waals surface area (Å²) in [6.07, 6.45) is 0.759. The molecule has 5 rings (SSSR count). The minimum absolute atomic E-state index is 0.00886. The van der Waals surface area contributed by atoms with E-state index >= 15 is 0 Å². The number of fused-ring (bicyclic) bond motifs is 3. The second-order valence-electron chi connectivity index (χ2n) is 8.73. The average molecular weight is 442 g/mol. The number of likely N-dealkylation sites (tertiary alicyclic amines) is 1. The fourth-order valence-corrected chi connectivity index (χ4v) is 5.42. The van der Waals surface area contributed by atoms with Crippen molar-refractivity contribution in [1.29, 1.82) is 5.26 Å². The molecule has 3 aromatic rings. The van der Waals surface area contributed by atoms with Crippen molar-refractivity contribution in [2.24, 2.45) is 5.92 Å². The van der Waals surface area contributed by atoms with E-state index in [4.69, 9.17) is 0 Å². The number of nitriles is 1. The molecule has 33 heavy (non-hydrogen) atoms. The Morgan fingerprint density at radius 2 is 1.91 bits per heavy atom. The molecule has 0 bridgehead atoms. The number of likely N-dealkylation sites (N-methyl/N-ethyl adjacent to an activating group) is 1. The normalized spacial score (nSPS) is 21.3. The van der Waals surface area contributed by atoms with E-state index in [1.165, 1.54) is 12.1 Å². The number of amides is 1. The summed E-state index contributed by atoms with van der Waals surface area (Å²) < 4.78 is 13.8. The molecule has 0 radical (unpaired) electrons. The van der Waals surface area contributed by atoms with Crippen LogP contribution in [0.25, 0.3) is 11.1 Å². The number of nitrogens with zero attached hydrogens (tertiary/aromatic N) is 3. The van der Waals surface area contributed by atoms with Crippen LogP contribution in [0.15, 0.2) is 66.7 Å². The number of hydrogen-bond acceptors (Lipinski definition) is 4. The predicted octanol–water partition coefficient (Wildman–Crippen LogP) is 4.38. The first-order valence-corrected chi connectivity index (χ1v) is 11.1. The number of rotatable bonds is 3. The lowest BCUT2D eigenvalue weighted by atomic mass is 9.81. The van der Waals surface area contributed by atoms with Crippen LogP contribution in [0.1, 0.15) is 33.9 Å². The third-order valence-corrected chi connectivity index (χ3v) is 7.01. The highest BCUT2D eigenvalue weighted by atomic mass is 19.1. The maximum absolute atomic E-state index is 13.8. The zero-order chi connectivity index (χ0) is 23.1. The number of carbonyl (C=O) groups excluding carboxylic acids is 1. The quantitative estimate of drug-likeness (QED) is 0.655. The Balaban J connectivity index is 1.61. The SMILES string of the molecule is CN1c2ccc(-c3cccc(C#N)c3)cc2[C@@H]2[C@@H](CCN2C(=O)c2cccc(F)c2)[C@H]1CO. The zero-order valence-electron chi connectivity index (χ0n) is 18.3. The average Bonchev–Trinajstić information content (AvgIpc) is 3.28. The molecular formula is C27H24FN3O2. The fourth-order valence-electron chi connectivity index (χ4n) is 5.42. The van der Waals surface area contributed by atoms with Crippen LogP contribution in [0.2, 0.25) is 0 Å². The van der Waals surface area contributed by atoms with Crippen LogP contribution in [0, 0.1) is 23.1 Å². The van der Waals surface area contributed by atoms with Gasteiger partial charge in [0.15, 0.2) is 0 Å². The van der Waals surface area contributed by atoms with Crippen LogP contribution in [0.5, 0.6) is 0 Å². The van der Waals surface area contributed by atoms with Crippen LogP contribution >= 0.6 is 0 Å². The molecule has 2 aliphatic rings. The van der Waals surface area contributed by atoms with Crippen LogP contribution in [-0.4, -0.2) is 42.2 Å². The lowest BCUT2D eigenvalue weighted by Crippen LogP contribution is -2.48. The Hall–Kier alpha value is -3.69. The molecule has 0 aliphatic carbocycles. The molecule has 3 atom stereocenters. The van der Waals surface area contributed by atoms with Gasteiger partial charge in [-0.1, -0.05) is 24.3 Å². The first-order valence-electron chi connectivity index (χ1n) is 11.1. The Kier molecular flexibility index (Phi) is 5.35. The predicted molar refractivity (Wildman–Crippen MR) is 124 cm³/mol. The van der Waals surface area contributed by atoms with Crippen LogP contribution in [-0.2, 0) is 0 Å². The van der Waals surface area contributed by atoms with Crippen molar-refractivity contribution in [1.82, 2.24) is 4.90 Å². The van der Waals surface area contributed by atoms with Crippen molar-refractivity contribution < 1.29 is 14.3 Å². The van der Waals surface area contributed by atoms with E-state index in [-0.39, 0.29) is 30.5 Å². The summed E-state index contributed by atoms with van der Waals surface area (Å²) in [5.41, 5.74) is 4.79. The second-order valence-corrected chi connectivity index (χ2v) is 8.73. The van der Waals surface area contributed by atoms with Gasteiger partial charge in [-0.3, -0.25) is 4.79 Å². The Morgan fingerprint density at radius 1 is 1.12 bits per heavy atom. The molecule has 6 heteroatoms. The smallest absolute Gasteiger partial charge is 0.254 e. The lowest BCUT2D eigenvalue weighted by molar-refractivity contribution is 0.0693. The van der Waals surface area contributed by atoms with Gasteiger partial charge in [0.2, 0.25) is 0 Å². The third kappa shape index (κ3) is 3.55. The Labute approximate surface area is 192 Å². The number of aliphatic hydroxyl groups is 1. The van der Waals surface area contributed by atoms with Crippen molar-refractivity contribution in [2.75, 3.05) is 25.1 Å². The monoisotopic (exact) mass is 441 g/mol. The van der Waals surface area contributed by atoms with Gasteiger partial charge in [0.1, 0.15) is 5.82 Å². The van der Waals surface area contributed by atoms with Crippen molar-refractivity contribution in [2.45, 2.75) is 18.5 Å². The van der Waals surface area contributed by atoms with Gasteiger partial charge in [0.05, 0.1) is 30.3 Å². The maximum atomic E-state index is 13.8. The summed E-state index contributed by atoms with van der Waals surface area (Å²) in [6.45, 7) is 0.535.